The van der Waals surface area contributed by atoms with Gasteiger partial charge in [-0.3, -0.25) is 29.7 Å². The monoisotopic (exact) mass is 699 g/mol. The number of rotatable bonds is 8. The molecular formula is C36H42FN9O5. The second-order valence-electron chi connectivity index (χ2n) is 13.4. The van der Waals surface area contributed by atoms with Gasteiger partial charge in [0.25, 0.3) is 5.56 Å². The summed E-state index contributed by atoms with van der Waals surface area (Å²) in [4.78, 5) is 55.4. The summed E-state index contributed by atoms with van der Waals surface area (Å²) in [5, 5.41) is 16.2. The summed E-state index contributed by atoms with van der Waals surface area (Å²) in [6, 6.07) is 10.8. The Bertz CT molecular complexity index is 2000. The molecule has 2 aromatic heterocycles. The van der Waals surface area contributed by atoms with Crippen LogP contribution < -0.4 is 31.1 Å². The summed E-state index contributed by atoms with van der Waals surface area (Å²) in [7, 11) is 3.16. The van der Waals surface area contributed by atoms with Crippen LogP contribution in [-0.4, -0.2) is 101 Å². The third kappa shape index (κ3) is 7.24. The molecule has 1 unspecified atom stereocenters. The lowest BCUT2D eigenvalue weighted by Gasteiger charge is -2.38. The number of carbonyl (C=O) groups is 3. The van der Waals surface area contributed by atoms with E-state index in [0.717, 1.165) is 37.3 Å². The lowest BCUT2D eigenvalue weighted by Crippen LogP contribution is -2.54. The molecule has 0 bridgehead atoms. The molecular weight excluding hydrogens is 657 g/mol. The molecule has 0 saturated carbocycles. The number of nitrogens with one attached hydrogen (secondary N) is 4. The summed E-state index contributed by atoms with van der Waals surface area (Å²) in [5.41, 5.74) is 3.75. The molecule has 3 aliphatic heterocycles. The molecule has 2 aromatic carbocycles. The molecule has 0 radical (unpaired) electrons. The summed E-state index contributed by atoms with van der Waals surface area (Å²) in [6.07, 6.45) is 5.69. The highest BCUT2D eigenvalue weighted by atomic mass is 19.1. The van der Waals surface area contributed by atoms with E-state index in [9.17, 15) is 19.2 Å². The average Bonchev–Trinajstić information content (AvgIpc) is 3.63. The van der Waals surface area contributed by atoms with Crippen LogP contribution in [0.1, 0.15) is 31.2 Å². The number of halogens is 1. The number of anilines is 2. The first kappa shape index (κ1) is 34.0. The van der Waals surface area contributed by atoms with Crippen LogP contribution in [-0.2, 0) is 23.2 Å². The number of H-pyrrole nitrogens is 1. The minimum absolute atomic E-state index is 0.0760. The fourth-order valence-electron chi connectivity index (χ4n) is 7.17. The van der Waals surface area contributed by atoms with E-state index < -0.39 is 11.9 Å². The molecule has 3 saturated heterocycles. The molecule has 3 fully saturated rings. The Kier molecular flexibility index (Phi) is 9.62. The Morgan fingerprint density at radius 2 is 1.76 bits per heavy atom. The Balaban J connectivity index is 0.886. The number of hydrogen-bond donors (Lipinski definition) is 4. The highest BCUT2D eigenvalue weighted by Crippen LogP contribution is 2.33. The third-order valence-electron chi connectivity index (χ3n) is 10.1. The van der Waals surface area contributed by atoms with Gasteiger partial charge in [-0.05, 0) is 61.2 Å². The van der Waals surface area contributed by atoms with Crippen LogP contribution in [0.15, 0.2) is 53.6 Å². The number of methoxy groups -OCH3 is 1. The minimum Gasteiger partial charge on any atom is -0.496 e. The lowest BCUT2D eigenvalue weighted by atomic mass is 10.0. The van der Waals surface area contributed by atoms with Gasteiger partial charge in [0.2, 0.25) is 11.8 Å². The molecule has 0 aliphatic carbocycles. The molecule has 4 N–H and O–H groups in total. The maximum Gasteiger partial charge on any atom is 0.317 e. The molecule has 15 heteroatoms. The number of piperidine rings is 2. The average molecular weight is 700 g/mol. The number of ether oxygens (including phenoxy) is 1. The zero-order valence-electron chi connectivity index (χ0n) is 28.7. The Morgan fingerprint density at radius 1 is 1.02 bits per heavy atom. The van der Waals surface area contributed by atoms with Crippen molar-refractivity contribution in [1.82, 2.24) is 35.2 Å². The number of hydrogen-bond acceptors (Lipinski definition) is 9. The number of piperazine rings is 1. The van der Waals surface area contributed by atoms with Crippen molar-refractivity contribution in [3.8, 4) is 16.9 Å². The van der Waals surface area contributed by atoms with Gasteiger partial charge < -0.3 is 29.7 Å². The number of aromatic nitrogens is 3. The van der Waals surface area contributed by atoms with Crippen LogP contribution in [0.5, 0.6) is 5.75 Å². The molecule has 4 amide bonds. The molecule has 0 spiro atoms. The smallest absolute Gasteiger partial charge is 0.317 e. The lowest BCUT2D eigenvalue weighted by molar-refractivity contribution is -0.133. The largest absolute Gasteiger partial charge is 0.496 e. The van der Waals surface area contributed by atoms with Crippen molar-refractivity contribution >= 4 is 40.1 Å². The van der Waals surface area contributed by atoms with E-state index in [1.165, 1.54) is 17.7 Å². The van der Waals surface area contributed by atoms with E-state index in [1.54, 1.807) is 25.5 Å². The number of benzene rings is 2. The Labute approximate surface area is 293 Å². The van der Waals surface area contributed by atoms with Gasteiger partial charge in [-0.2, -0.15) is 5.10 Å². The second-order valence-corrected chi connectivity index (χ2v) is 13.4. The highest BCUT2D eigenvalue weighted by molar-refractivity contribution is 6.01. The van der Waals surface area contributed by atoms with Gasteiger partial charge in [0.15, 0.2) is 0 Å². The first-order valence-electron chi connectivity index (χ1n) is 17.3. The molecule has 1 atom stereocenters. The zero-order valence-corrected chi connectivity index (χ0v) is 28.7. The summed E-state index contributed by atoms with van der Waals surface area (Å²) in [5.74, 6) is -0.512. The number of nitrogens with zero attached hydrogens (tertiary/aromatic N) is 5. The van der Waals surface area contributed by atoms with Crippen molar-refractivity contribution in [3.05, 3.63) is 70.5 Å². The standard InChI is InChI=1S/C36H42FN9O5/c1-43-20-27(26-19-38-42-33(26)35(43)49)22-17-29(37)28(31(18-22)51-2)21-44-13-15-46(16-14-44)36(50)40-24-9-11-45(12-10-24)25-5-3-23(4-6-25)39-30-7-8-32(47)41-34(30)48/h3-6,17-20,24,30,39H,7-16,21H2,1-2H3,(H,38,42)(H,40,50)(H,41,47,48). The molecule has 3 aliphatic rings. The number of pyridine rings is 1. The summed E-state index contributed by atoms with van der Waals surface area (Å²) in [6.45, 7) is 4.21. The van der Waals surface area contributed by atoms with Gasteiger partial charge in [0.05, 0.1) is 13.3 Å². The van der Waals surface area contributed by atoms with E-state index in [1.807, 2.05) is 29.2 Å². The van der Waals surface area contributed by atoms with E-state index >= 15 is 4.39 Å². The normalized spacial score (nSPS) is 18.9. The number of amides is 4. The maximum absolute atomic E-state index is 15.7. The van der Waals surface area contributed by atoms with Gasteiger partial charge in [0, 0.05) is 99.4 Å². The van der Waals surface area contributed by atoms with Crippen LogP contribution in [0.3, 0.4) is 0 Å². The third-order valence-corrected chi connectivity index (χ3v) is 10.1. The Hall–Kier alpha value is -5.44. The van der Waals surface area contributed by atoms with E-state index in [-0.39, 0.29) is 29.4 Å². The molecule has 5 heterocycles. The van der Waals surface area contributed by atoms with Gasteiger partial charge in [0.1, 0.15) is 23.1 Å². The predicted octanol–water partition coefficient (Wildman–Crippen LogP) is 2.79. The number of urea groups is 1. The fourth-order valence-corrected chi connectivity index (χ4v) is 7.17. The van der Waals surface area contributed by atoms with E-state index in [0.29, 0.717) is 78.9 Å². The summed E-state index contributed by atoms with van der Waals surface area (Å²) < 4.78 is 22.8. The van der Waals surface area contributed by atoms with Crippen molar-refractivity contribution in [3.63, 3.8) is 0 Å². The molecule has 7 rings (SSSR count). The second kappa shape index (κ2) is 14.4. The van der Waals surface area contributed by atoms with Crippen molar-refractivity contribution in [2.24, 2.45) is 7.05 Å². The van der Waals surface area contributed by atoms with Crippen molar-refractivity contribution in [1.29, 1.82) is 0 Å². The highest BCUT2D eigenvalue weighted by Gasteiger charge is 2.28. The number of aromatic amines is 1. The molecule has 268 valence electrons. The van der Waals surface area contributed by atoms with Gasteiger partial charge in [-0.1, -0.05) is 0 Å². The molecule has 14 nitrogen and oxygen atoms in total. The van der Waals surface area contributed by atoms with Crippen molar-refractivity contribution in [2.75, 3.05) is 56.6 Å². The SMILES string of the molecule is COc1cc(-c2cn(C)c(=O)c3[nH]ncc23)cc(F)c1CN1CCN(C(=O)NC2CCN(c3ccc(NC4CCC(=O)NC4=O)cc3)CC2)CC1. The van der Waals surface area contributed by atoms with Crippen molar-refractivity contribution < 1.29 is 23.5 Å². The topological polar surface area (TPSA) is 157 Å². The number of fused-ring (bicyclic) bond motifs is 1. The van der Waals surface area contributed by atoms with E-state index in [2.05, 4.69) is 35.9 Å². The Morgan fingerprint density at radius 3 is 2.47 bits per heavy atom. The quantitative estimate of drug-likeness (QED) is 0.203. The van der Waals surface area contributed by atoms with Gasteiger partial charge >= 0.3 is 6.03 Å². The number of carbonyl (C=O) groups excluding carboxylic acids is 3. The molecule has 51 heavy (non-hydrogen) atoms. The van der Waals surface area contributed by atoms with Crippen LogP contribution >= 0.6 is 0 Å². The van der Waals surface area contributed by atoms with E-state index in [4.69, 9.17) is 4.74 Å². The first-order valence-corrected chi connectivity index (χ1v) is 17.3. The van der Waals surface area contributed by atoms with Crippen LogP contribution in [0.25, 0.3) is 22.0 Å². The fraction of sp³-hybridized carbons (Fsp3) is 0.417. The minimum atomic E-state index is -0.421. The van der Waals surface area contributed by atoms with Crippen LogP contribution in [0.4, 0.5) is 20.6 Å². The van der Waals surface area contributed by atoms with Crippen LogP contribution in [0.2, 0.25) is 0 Å². The maximum atomic E-state index is 15.7. The van der Waals surface area contributed by atoms with Crippen LogP contribution in [0, 0.1) is 5.82 Å². The summed E-state index contributed by atoms with van der Waals surface area (Å²) >= 11 is 0. The number of aryl methyl sites for hydroxylation is 1. The van der Waals surface area contributed by atoms with Gasteiger partial charge in [-0.25, -0.2) is 9.18 Å². The zero-order chi connectivity index (χ0) is 35.6. The predicted molar refractivity (Wildman–Crippen MR) is 190 cm³/mol. The van der Waals surface area contributed by atoms with Crippen molar-refractivity contribution in [2.45, 2.75) is 44.3 Å². The number of imide groups is 1. The van der Waals surface area contributed by atoms with Gasteiger partial charge in [-0.15, -0.1) is 0 Å². The molecule has 4 aromatic rings. The first-order chi connectivity index (χ1) is 24.7.